The standard InChI is InChI=1S/C16H14BrF2N3O2/c17-10-5-11(7-20-6-10)21-15-12(3-4-13(18)14(15)19)16(23)22-24-8-9-1-2-9/h3-7,9,21H,1-2,8H2,(H,22,23). The third-order valence-electron chi connectivity index (χ3n) is 3.49. The van der Waals surface area contributed by atoms with E-state index in [1.165, 1.54) is 12.3 Å². The van der Waals surface area contributed by atoms with Crippen LogP contribution in [-0.4, -0.2) is 17.5 Å². The molecule has 0 spiro atoms. The number of nitrogens with zero attached hydrogens (tertiary/aromatic N) is 1. The molecule has 3 rings (SSSR count). The van der Waals surface area contributed by atoms with E-state index in [4.69, 9.17) is 4.84 Å². The van der Waals surface area contributed by atoms with Gasteiger partial charge in [0.05, 0.1) is 29.7 Å². The molecule has 1 fully saturated rings. The zero-order valence-electron chi connectivity index (χ0n) is 12.5. The summed E-state index contributed by atoms with van der Waals surface area (Å²) in [5.41, 5.74) is 2.33. The van der Waals surface area contributed by atoms with Gasteiger partial charge in [0.25, 0.3) is 5.91 Å². The van der Waals surface area contributed by atoms with Crippen molar-refractivity contribution < 1.29 is 18.4 Å². The molecule has 0 aliphatic heterocycles. The lowest BCUT2D eigenvalue weighted by molar-refractivity contribution is 0.0270. The Labute approximate surface area is 145 Å². The number of hydrogen-bond donors (Lipinski definition) is 2. The molecule has 2 aromatic rings. The second-order valence-corrected chi connectivity index (χ2v) is 6.40. The van der Waals surface area contributed by atoms with E-state index in [1.807, 2.05) is 0 Å². The van der Waals surface area contributed by atoms with Crippen molar-refractivity contribution in [3.63, 3.8) is 0 Å². The van der Waals surface area contributed by atoms with Crippen LogP contribution in [0.1, 0.15) is 23.2 Å². The number of benzene rings is 1. The molecule has 1 aromatic heterocycles. The van der Waals surface area contributed by atoms with Crippen molar-refractivity contribution in [3.8, 4) is 0 Å². The normalized spacial score (nSPS) is 13.6. The highest BCUT2D eigenvalue weighted by Crippen LogP contribution is 2.29. The van der Waals surface area contributed by atoms with Crippen molar-refractivity contribution in [1.82, 2.24) is 10.5 Å². The minimum atomic E-state index is -1.15. The number of hydroxylamine groups is 1. The summed E-state index contributed by atoms with van der Waals surface area (Å²) in [6, 6.07) is 3.72. The minimum absolute atomic E-state index is 0.0651. The highest BCUT2D eigenvalue weighted by molar-refractivity contribution is 9.10. The van der Waals surface area contributed by atoms with E-state index in [9.17, 15) is 13.6 Å². The van der Waals surface area contributed by atoms with E-state index in [0.29, 0.717) is 22.7 Å². The van der Waals surface area contributed by atoms with Gasteiger partial charge in [-0.2, -0.15) is 0 Å². The average molecular weight is 398 g/mol. The first kappa shape index (κ1) is 16.8. The number of nitrogens with one attached hydrogen (secondary N) is 2. The predicted molar refractivity (Wildman–Crippen MR) is 87.7 cm³/mol. The highest BCUT2D eigenvalue weighted by atomic mass is 79.9. The summed E-state index contributed by atoms with van der Waals surface area (Å²) in [5, 5.41) is 2.69. The van der Waals surface area contributed by atoms with E-state index in [2.05, 4.69) is 31.7 Å². The number of aromatic nitrogens is 1. The zero-order valence-corrected chi connectivity index (χ0v) is 14.1. The molecule has 1 aliphatic rings. The monoisotopic (exact) mass is 397 g/mol. The van der Waals surface area contributed by atoms with Gasteiger partial charge in [-0.3, -0.25) is 14.6 Å². The van der Waals surface area contributed by atoms with Gasteiger partial charge in [-0.05, 0) is 52.9 Å². The number of carbonyl (C=O) groups is 1. The van der Waals surface area contributed by atoms with Gasteiger partial charge in [-0.15, -0.1) is 0 Å². The molecule has 0 unspecified atom stereocenters. The Morgan fingerprint density at radius 3 is 2.83 bits per heavy atom. The van der Waals surface area contributed by atoms with E-state index < -0.39 is 17.5 Å². The predicted octanol–water partition coefficient (Wildman–Crippen LogP) is 3.94. The van der Waals surface area contributed by atoms with Crippen LogP contribution in [0.25, 0.3) is 0 Å². The number of halogens is 3. The SMILES string of the molecule is O=C(NOCC1CC1)c1ccc(F)c(F)c1Nc1cncc(Br)c1. The number of rotatable bonds is 6. The van der Waals surface area contributed by atoms with Gasteiger partial charge in [0.15, 0.2) is 11.6 Å². The van der Waals surface area contributed by atoms with E-state index in [1.54, 1.807) is 12.3 Å². The smallest absolute Gasteiger partial charge is 0.277 e. The maximum absolute atomic E-state index is 14.2. The van der Waals surface area contributed by atoms with Crippen molar-refractivity contribution in [1.29, 1.82) is 0 Å². The first-order chi connectivity index (χ1) is 11.5. The molecule has 126 valence electrons. The number of carbonyl (C=O) groups excluding carboxylic acids is 1. The molecular weight excluding hydrogens is 384 g/mol. The quantitative estimate of drug-likeness (QED) is 0.724. The fourth-order valence-corrected chi connectivity index (χ4v) is 2.42. The summed E-state index contributed by atoms with van der Waals surface area (Å²) in [7, 11) is 0. The minimum Gasteiger partial charge on any atom is -0.351 e. The van der Waals surface area contributed by atoms with Gasteiger partial charge in [0.2, 0.25) is 0 Å². The van der Waals surface area contributed by atoms with Gasteiger partial charge in [-0.1, -0.05) is 0 Å². The van der Waals surface area contributed by atoms with Crippen LogP contribution in [0.4, 0.5) is 20.2 Å². The Kier molecular flexibility index (Phi) is 5.06. The number of anilines is 2. The lowest BCUT2D eigenvalue weighted by Crippen LogP contribution is -2.26. The molecule has 0 bridgehead atoms. The average Bonchev–Trinajstić information content (AvgIpc) is 3.36. The summed E-state index contributed by atoms with van der Waals surface area (Å²) in [6.45, 7) is 0.410. The van der Waals surface area contributed by atoms with Crippen LogP contribution < -0.4 is 10.8 Å². The maximum atomic E-state index is 14.2. The van der Waals surface area contributed by atoms with Crippen LogP contribution in [0.3, 0.4) is 0 Å². The number of amides is 1. The Morgan fingerprint density at radius 1 is 1.33 bits per heavy atom. The van der Waals surface area contributed by atoms with Crippen LogP contribution in [0.5, 0.6) is 0 Å². The third-order valence-corrected chi connectivity index (χ3v) is 3.93. The molecule has 0 saturated heterocycles. The number of pyridine rings is 1. The molecule has 1 saturated carbocycles. The van der Waals surface area contributed by atoms with Gasteiger partial charge in [0, 0.05) is 10.7 Å². The molecule has 1 heterocycles. The topological polar surface area (TPSA) is 63.2 Å². The third kappa shape index (κ3) is 4.07. The Morgan fingerprint density at radius 2 is 2.12 bits per heavy atom. The van der Waals surface area contributed by atoms with Crippen molar-refractivity contribution in [3.05, 3.63) is 52.3 Å². The van der Waals surface area contributed by atoms with Gasteiger partial charge >= 0.3 is 0 Å². The molecule has 0 radical (unpaired) electrons. The van der Waals surface area contributed by atoms with Crippen molar-refractivity contribution >= 4 is 33.2 Å². The molecular formula is C16H14BrF2N3O2. The molecule has 5 nitrogen and oxygen atoms in total. The van der Waals surface area contributed by atoms with E-state index in [0.717, 1.165) is 18.9 Å². The van der Waals surface area contributed by atoms with Crippen molar-refractivity contribution in [2.24, 2.45) is 5.92 Å². The molecule has 0 atom stereocenters. The first-order valence-electron chi connectivity index (χ1n) is 7.32. The van der Waals surface area contributed by atoms with Crippen LogP contribution in [0, 0.1) is 17.6 Å². The summed E-state index contributed by atoms with van der Waals surface area (Å²) in [4.78, 5) is 21.2. The van der Waals surface area contributed by atoms with E-state index >= 15 is 0 Å². The molecule has 1 aliphatic carbocycles. The van der Waals surface area contributed by atoms with Crippen LogP contribution >= 0.6 is 15.9 Å². The number of hydrogen-bond acceptors (Lipinski definition) is 4. The second kappa shape index (κ2) is 7.23. The highest BCUT2D eigenvalue weighted by Gasteiger charge is 2.23. The van der Waals surface area contributed by atoms with Crippen molar-refractivity contribution in [2.45, 2.75) is 12.8 Å². The molecule has 24 heavy (non-hydrogen) atoms. The fraction of sp³-hybridized carbons (Fsp3) is 0.250. The molecule has 2 N–H and O–H groups in total. The van der Waals surface area contributed by atoms with Gasteiger partial charge < -0.3 is 5.32 Å². The lowest BCUT2D eigenvalue weighted by atomic mass is 10.1. The summed E-state index contributed by atoms with van der Waals surface area (Å²) in [6.07, 6.45) is 5.13. The largest absolute Gasteiger partial charge is 0.351 e. The van der Waals surface area contributed by atoms with E-state index in [-0.39, 0.29) is 11.3 Å². The first-order valence-corrected chi connectivity index (χ1v) is 8.11. The van der Waals surface area contributed by atoms with Gasteiger partial charge in [-0.25, -0.2) is 14.3 Å². The van der Waals surface area contributed by atoms with Crippen LogP contribution in [0.15, 0.2) is 35.1 Å². The zero-order chi connectivity index (χ0) is 17.1. The van der Waals surface area contributed by atoms with Crippen LogP contribution in [-0.2, 0) is 4.84 Å². The Hall–Kier alpha value is -2.06. The summed E-state index contributed by atoms with van der Waals surface area (Å²) < 4.78 is 28.4. The lowest BCUT2D eigenvalue weighted by Gasteiger charge is -2.13. The Balaban J connectivity index is 1.82. The molecule has 8 heteroatoms. The molecule has 1 amide bonds. The maximum Gasteiger partial charge on any atom is 0.277 e. The van der Waals surface area contributed by atoms with Crippen molar-refractivity contribution in [2.75, 3.05) is 11.9 Å². The Bertz CT molecular complexity index is 769. The van der Waals surface area contributed by atoms with Gasteiger partial charge in [0.1, 0.15) is 0 Å². The van der Waals surface area contributed by atoms with Crippen LogP contribution in [0.2, 0.25) is 0 Å². The summed E-state index contributed by atoms with van der Waals surface area (Å²) in [5.74, 6) is -2.40. The second-order valence-electron chi connectivity index (χ2n) is 5.49. The molecule has 1 aromatic carbocycles. The fourth-order valence-electron chi connectivity index (χ4n) is 2.05. The summed E-state index contributed by atoms with van der Waals surface area (Å²) >= 11 is 3.24.